The number of nitrogens with zero attached hydrogens (tertiary/aromatic N) is 1. The highest BCUT2D eigenvalue weighted by atomic mass is 16.5. The molecule has 0 saturated carbocycles. The van der Waals surface area contributed by atoms with Gasteiger partial charge in [-0.2, -0.15) is 0 Å². The molecule has 0 bridgehead atoms. The lowest BCUT2D eigenvalue weighted by Crippen LogP contribution is -2.18. The summed E-state index contributed by atoms with van der Waals surface area (Å²) in [6, 6.07) is 8.82. The number of carbonyl (C=O) groups is 1. The molecule has 0 aliphatic rings. The second kappa shape index (κ2) is 10.3. The number of ether oxygens (including phenoxy) is 4. The Morgan fingerprint density at radius 3 is 2.37 bits per heavy atom. The second-order valence-corrected chi connectivity index (χ2v) is 5.84. The third-order valence-electron chi connectivity index (χ3n) is 4.05. The number of pyridine rings is 1. The average molecular weight is 375 g/mol. The van der Waals surface area contributed by atoms with E-state index in [-0.39, 0.29) is 24.4 Å². The van der Waals surface area contributed by atoms with E-state index in [4.69, 9.17) is 14.2 Å². The molecule has 0 unspecified atom stereocenters. The fourth-order valence-corrected chi connectivity index (χ4v) is 2.50. The van der Waals surface area contributed by atoms with Gasteiger partial charge in [0.2, 0.25) is 5.43 Å². The lowest BCUT2D eigenvalue weighted by molar-refractivity contribution is -0.140. The largest absolute Gasteiger partial charge is 0.497 e. The summed E-state index contributed by atoms with van der Waals surface area (Å²) in [6.07, 6.45) is 2.46. The number of hydrogen-bond acceptors (Lipinski definition) is 6. The van der Waals surface area contributed by atoms with Crippen molar-refractivity contribution in [2.24, 2.45) is 0 Å². The maximum atomic E-state index is 12.1. The average Bonchev–Trinajstić information content (AvgIpc) is 2.69. The molecule has 2 aromatic rings. The van der Waals surface area contributed by atoms with Crippen molar-refractivity contribution >= 4 is 5.97 Å². The normalized spacial score (nSPS) is 10.3. The van der Waals surface area contributed by atoms with E-state index in [1.165, 1.54) is 13.2 Å². The second-order valence-electron chi connectivity index (χ2n) is 5.84. The van der Waals surface area contributed by atoms with Gasteiger partial charge in [-0.15, -0.1) is 0 Å². The van der Waals surface area contributed by atoms with E-state index in [0.717, 1.165) is 17.2 Å². The van der Waals surface area contributed by atoms with E-state index < -0.39 is 0 Å². The molecule has 0 atom stereocenters. The number of hydrogen-bond donors (Lipinski definition) is 0. The van der Waals surface area contributed by atoms with Crippen molar-refractivity contribution in [3.8, 4) is 17.2 Å². The quantitative estimate of drug-likeness (QED) is 0.469. The smallest absolute Gasteiger partial charge is 0.305 e. The molecule has 1 aromatic carbocycles. The fourth-order valence-electron chi connectivity index (χ4n) is 2.50. The first-order valence-corrected chi connectivity index (χ1v) is 8.71. The van der Waals surface area contributed by atoms with Crippen LogP contribution in [0.3, 0.4) is 0 Å². The standard InChI is InChI=1S/C20H25NO6/c1-15-20(27-13-4-5-19(23)25-3)18(22)10-11-21(15)12-14-26-17-8-6-16(24-2)7-9-17/h6-11H,4-5,12-14H2,1-3H3. The van der Waals surface area contributed by atoms with Gasteiger partial charge in [0.15, 0.2) is 5.75 Å². The minimum Gasteiger partial charge on any atom is -0.497 e. The van der Waals surface area contributed by atoms with E-state index in [1.807, 2.05) is 35.8 Å². The molecular formula is C20H25NO6. The maximum Gasteiger partial charge on any atom is 0.305 e. The van der Waals surface area contributed by atoms with E-state index in [2.05, 4.69) is 4.74 Å². The zero-order valence-corrected chi connectivity index (χ0v) is 15.9. The Labute approximate surface area is 158 Å². The first kappa shape index (κ1) is 20.4. The minimum atomic E-state index is -0.295. The van der Waals surface area contributed by atoms with Gasteiger partial charge in [-0.25, -0.2) is 0 Å². The van der Waals surface area contributed by atoms with Crippen LogP contribution in [-0.4, -0.2) is 38.0 Å². The Morgan fingerprint density at radius 2 is 1.70 bits per heavy atom. The summed E-state index contributed by atoms with van der Waals surface area (Å²) in [5, 5.41) is 0. The fraction of sp³-hybridized carbons (Fsp3) is 0.400. The Hall–Kier alpha value is -2.96. The van der Waals surface area contributed by atoms with E-state index in [0.29, 0.717) is 25.3 Å². The molecule has 0 spiro atoms. The predicted octanol–water partition coefficient (Wildman–Crippen LogP) is 2.58. The van der Waals surface area contributed by atoms with Crippen LogP contribution in [0, 0.1) is 6.92 Å². The number of benzene rings is 1. The molecule has 1 aromatic heterocycles. The number of esters is 1. The predicted molar refractivity (Wildman–Crippen MR) is 101 cm³/mol. The lowest BCUT2D eigenvalue weighted by atomic mass is 10.3. The number of methoxy groups -OCH3 is 2. The van der Waals surface area contributed by atoms with Gasteiger partial charge in [0, 0.05) is 18.7 Å². The molecule has 0 aliphatic heterocycles. The van der Waals surface area contributed by atoms with Crippen LogP contribution in [0.15, 0.2) is 41.3 Å². The SMILES string of the molecule is COC(=O)CCCOc1c(C)n(CCOc2ccc(OC)cc2)ccc1=O. The monoisotopic (exact) mass is 375 g/mol. The Kier molecular flexibility index (Phi) is 7.73. The van der Waals surface area contributed by atoms with E-state index >= 15 is 0 Å². The van der Waals surface area contributed by atoms with Gasteiger partial charge in [0.25, 0.3) is 0 Å². The van der Waals surface area contributed by atoms with Gasteiger partial charge in [0.05, 0.1) is 33.1 Å². The van der Waals surface area contributed by atoms with Crippen molar-refractivity contribution in [2.75, 3.05) is 27.4 Å². The first-order valence-electron chi connectivity index (χ1n) is 8.71. The summed E-state index contributed by atoms with van der Waals surface area (Å²) in [6.45, 7) is 3.11. The Bertz CT molecular complexity index is 797. The van der Waals surface area contributed by atoms with Crippen molar-refractivity contribution in [3.05, 3.63) is 52.4 Å². The van der Waals surface area contributed by atoms with Gasteiger partial charge >= 0.3 is 5.97 Å². The molecule has 146 valence electrons. The summed E-state index contributed by atoms with van der Waals surface area (Å²) in [5.41, 5.74) is 0.539. The third-order valence-corrected chi connectivity index (χ3v) is 4.05. The van der Waals surface area contributed by atoms with Crippen molar-refractivity contribution in [1.29, 1.82) is 0 Å². The van der Waals surface area contributed by atoms with E-state index in [1.54, 1.807) is 13.3 Å². The molecular weight excluding hydrogens is 350 g/mol. The Balaban J connectivity index is 1.90. The minimum absolute atomic E-state index is 0.183. The van der Waals surface area contributed by atoms with Crippen LogP contribution in [-0.2, 0) is 16.1 Å². The molecule has 1 heterocycles. The summed E-state index contributed by atoms with van der Waals surface area (Å²) in [4.78, 5) is 23.2. The molecule has 27 heavy (non-hydrogen) atoms. The lowest BCUT2D eigenvalue weighted by Gasteiger charge is -2.15. The molecule has 7 nitrogen and oxygen atoms in total. The van der Waals surface area contributed by atoms with Crippen LogP contribution in [0.5, 0.6) is 17.2 Å². The highest BCUT2D eigenvalue weighted by molar-refractivity contribution is 5.69. The number of carbonyl (C=O) groups excluding carboxylic acids is 1. The Morgan fingerprint density at radius 1 is 1.00 bits per heavy atom. The van der Waals surface area contributed by atoms with Gasteiger partial charge in [-0.1, -0.05) is 0 Å². The molecule has 0 radical (unpaired) electrons. The van der Waals surface area contributed by atoms with Crippen LogP contribution in [0.25, 0.3) is 0 Å². The number of rotatable bonds is 10. The molecule has 2 rings (SSSR count). The van der Waals surface area contributed by atoms with Crippen LogP contribution in [0.2, 0.25) is 0 Å². The molecule has 0 amide bonds. The van der Waals surface area contributed by atoms with Gasteiger partial charge in [0.1, 0.15) is 18.1 Å². The molecule has 0 saturated heterocycles. The van der Waals surface area contributed by atoms with Gasteiger partial charge in [-0.05, 0) is 37.6 Å². The molecule has 0 aliphatic carbocycles. The summed E-state index contributed by atoms with van der Waals surface area (Å²) >= 11 is 0. The molecule has 0 N–H and O–H groups in total. The van der Waals surface area contributed by atoms with Crippen LogP contribution in [0.1, 0.15) is 18.5 Å². The first-order chi connectivity index (χ1) is 13.0. The van der Waals surface area contributed by atoms with Crippen LogP contribution < -0.4 is 19.6 Å². The summed E-state index contributed by atoms with van der Waals surface area (Å²) < 4.78 is 22.9. The van der Waals surface area contributed by atoms with Crippen molar-refractivity contribution < 1.29 is 23.7 Å². The van der Waals surface area contributed by atoms with Gasteiger partial charge < -0.3 is 23.5 Å². The molecule has 7 heteroatoms. The zero-order valence-electron chi connectivity index (χ0n) is 15.9. The van der Waals surface area contributed by atoms with Crippen LogP contribution in [0.4, 0.5) is 0 Å². The summed E-state index contributed by atoms with van der Waals surface area (Å²) in [5.74, 6) is 1.52. The zero-order chi connectivity index (χ0) is 19.6. The van der Waals surface area contributed by atoms with E-state index in [9.17, 15) is 9.59 Å². The maximum absolute atomic E-state index is 12.1. The van der Waals surface area contributed by atoms with Crippen molar-refractivity contribution in [2.45, 2.75) is 26.3 Å². The van der Waals surface area contributed by atoms with Crippen molar-refractivity contribution in [1.82, 2.24) is 4.57 Å². The summed E-state index contributed by atoms with van der Waals surface area (Å²) in [7, 11) is 2.96. The van der Waals surface area contributed by atoms with Crippen LogP contribution >= 0.6 is 0 Å². The highest BCUT2D eigenvalue weighted by Gasteiger charge is 2.09. The topological polar surface area (TPSA) is 76.0 Å². The van der Waals surface area contributed by atoms with Crippen molar-refractivity contribution in [3.63, 3.8) is 0 Å². The highest BCUT2D eigenvalue weighted by Crippen LogP contribution is 2.17. The van der Waals surface area contributed by atoms with Gasteiger partial charge in [-0.3, -0.25) is 9.59 Å². The number of aromatic nitrogens is 1. The third kappa shape index (κ3) is 6.06. The molecule has 0 fully saturated rings.